The minimum atomic E-state index is -3.80. The molecule has 32 heavy (non-hydrogen) atoms. The monoisotopic (exact) mass is 479 g/mol. The summed E-state index contributed by atoms with van der Waals surface area (Å²) in [5, 5.41) is 3.17. The number of nitrogens with zero attached hydrogens (tertiary/aromatic N) is 2. The first-order valence-corrected chi connectivity index (χ1v) is 12.5. The second-order valence-corrected chi connectivity index (χ2v) is 10.4. The molecule has 0 aliphatic heterocycles. The predicted molar refractivity (Wildman–Crippen MR) is 128 cm³/mol. The molecule has 0 fully saturated rings. The molecule has 2 aromatic carbocycles. The average Bonchev–Trinajstić information content (AvgIpc) is 2.71. The Bertz CT molecular complexity index is 1060. The van der Waals surface area contributed by atoms with E-state index in [2.05, 4.69) is 5.32 Å². The average molecular weight is 480 g/mol. The highest BCUT2D eigenvalue weighted by atomic mass is 35.5. The van der Waals surface area contributed by atoms with Gasteiger partial charge in [0, 0.05) is 17.6 Å². The topological polar surface area (TPSA) is 86.8 Å². The van der Waals surface area contributed by atoms with E-state index in [0.717, 1.165) is 16.1 Å². The number of carbonyl (C=O) groups excluding carboxylic acids is 2. The fraction of sp³-hybridized carbons (Fsp3) is 0.391. The van der Waals surface area contributed by atoms with Gasteiger partial charge in [-0.15, -0.1) is 0 Å². The number of halogens is 1. The first-order chi connectivity index (χ1) is 14.9. The number of carbonyl (C=O) groups is 2. The lowest BCUT2D eigenvalue weighted by molar-refractivity contribution is -0.139. The second kappa shape index (κ2) is 10.8. The Balaban J connectivity index is 2.41. The van der Waals surface area contributed by atoms with Gasteiger partial charge in [0.25, 0.3) is 0 Å². The molecule has 2 aromatic rings. The Kier molecular flexibility index (Phi) is 8.69. The fourth-order valence-electron chi connectivity index (χ4n) is 3.21. The van der Waals surface area contributed by atoms with Crippen molar-refractivity contribution in [3.8, 4) is 0 Å². The largest absolute Gasteiger partial charge is 0.352 e. The molecule has 0 spiro atoms. The summed E-state index contributed by atoms with van der Waals surface area (Å²) in [6.45, 7) is 6.76. The number of benzene rings is 2. The molecule has 1 unspecified atom stereocenters. The number of aryl methyl sites for hydroxylation is 1. The van der Waals surface area contributed by atoms with Gasteiger partial charge in [-0.05, 0) is 51.0 Å². The van der Waals surface area contributed by atoms with Crippen LogP contribution in [-0.2, 0) is 26.2 Å². The van der Waals surface area contributed by atoms with Crippen LogP contribution in [0.2, 0.25) is 5.02 Å². The Labute approximate surface area is 195 Å². The Morgan fingerprint density at radius 3 is 2.25 bits per heavy atom. The maximum Gasteiger partial charge on any atom is 0.244 e. The molecule has 1 N–H and O–H groups in total. The maximum atomic E-state index is 13.4. The molecule has 2 rings (SSSR count). The highest BCUT2D eigenvalue weighted by Crippen LogP contribution is 2.26. The van der Waals surface area contributed by atoms with Crippen molar-refractivity contribution in [3.63, 3.8) is 0 Å². The quantitative estimate of drug-likeness (QED) is 0.597. The molecule has 0 radical (unpaired) electrons. The maximum absolute atomic E-state index is 13.4. The highest BCUT2D eigenvalue weighted by molar-refractivity contribution is 7.92. The van der Waals surface area contributed by atoms with Gasteiger partial charge in [-0.3, -0.25) is 13.9 Å². The molecule has 0 bridgehead atoms. The molecule has 0 saturated carbocycles. The van der Waals surface area contributed by atoms with E-state index in [-0.39, 0.29) is 18.5 Å². The summed E-state index contributed by atoms with van der Waals surface area (Å²) in [6, 6.07) is 13.2. The van der Waals surface area contributed by atoms with E-state index in [1.54, 1.807) is 26.0 Å². The van der Waals surface area contributed by atoms with Crippen LogP contribution in [0.25, 0.3) is 0 Å². The molecule has 0 aliphatic rings. The lowest BCUT2D eigenvalue weighted by Gasteiger charge is -2.32. The standard InChI is InChI=1S/C23H30ClN3O4S/c1-16(2)25-23(29)18(4)26(14-19-9-7-6-8-10-19)22(28)15-27(32(5,30)31)21-13-20(24)12-11-17(21)3/h6-13,16,18H,14-15H2,1-5H3,(H,25,29). The summed E-state index contributed by atoms with van der Waals surface area (Å²) in [7, 11) is -3.80. The van der Waals surface area contributed by atoms with Crippen LogP contribution in [-0.4, -0.2) is 50.0 Å². The normalized spacial score (nSPS) is 12.3. The van der Waals surface area contributed by atoms with Crippen molar-refractivity contribution in [1.82, 2.24) is 10.2 Å². The zero-order chi connectivity index (χ0) is 24.1. The molecule has 9 heteroatoms. The summed E-state index contributed by atoms with van der Waals surface area (Å²) in [5.74, 6) is -0.806. The number of hydrogen-bond donors (Lipinski definition) is 1. The van der Waals surface area contributed by atoms with Crippen LogP contribution in [0.4, 0.5) is 5.69 Å². The van der Waals surface area contributed by atoms with E-state index in [9.17, 15) is 18.0 Å². The third-order valence-corrected chi connectivity index (χ3v) is 6.27. The van der Waals surface area contributed by atoms with Crippen LogP contribution in [0.15, 0.2) is 48.5 Å². The lowest BCUT2D eigenvalue weighted by atomic mass is 10.1. The molecule has 2 amide bonds. The van der Waals surface area contributed by atoms with E-state index in [4.69, 9.17) is 11.6 Å². The molecule has 0 heterocycles. The molecule has 1 atom stereocenters. The van der Waals surface area contributed by atoms with Crippen molar-refractivity contribution in [1.29, 1.82) is 0 Å². The van der Waals surface area contributed by atoms with Gasteiger partial charge in [0.15, 0.2) is 0 Å². The molecule has 0 aromatic heterocycles. The third kappa shape index (κ3) is 6.97. The third-order valence-electron chi connectivity index (χ3n) is 4.91. The van der Waals surface area contributed by atoms with E-state index in [1.165, 1.54) is 11.0 Å². The number of nitrogens with one attached hydrogen (secondary N) is 1. The van der Waals surface area contributed by atoms with Gasteiger partial charge in [-0.1, -0.05) is 48.0 Å². The van der Waals surface area contributed by atoms with Gasteiger partial charge >= 0.3 is 0 Å². The molecule has 7 nitrogen and oxygen atoms in total. The van der Waals surface area contributed by atoms with Crippen molar-refractivity contribution < 1.29 is 18.0 Å². The van der Waals surface area contributed by atoms with Crippen molar-refractivity contribution in [2.45, 2.75) is 46.3 Å². The van der Waals surface area contributed by atoms with Gasteiger partial charge in [0.05, 0.1) is 11.9 Å². The number of sulfonamides is 1. The summed E-state index contributed by atoms with van der Waals surface area (Å²) in [4.78, 5) is 27.5. The van der Waals surface area contributed by atoms with Crippen molar-refractivity contribution >= 4 is 39.1 Å². The van der Waals surface area contributed by atoms with E-state index in [0.29, 0.717) is 16.3 Å². The summed E-state index contributed by atoms with van der Waals surface area (Å²) >= 11 is 6.09. The molecule has 0 aliphatic carbocycles. The second-order valence-electron chi connectivity index (χ2n) is 8.05. The Morgan fingerprint density at radius 1 is 1.06 bits per heavy atom. The zero-order valence-electron chi connectivity index (χ0n) is 19.0. The Morgan fingerprint density at radius 2 is 1.69 bits per heavy atom. The van der Waals surface area contributed by atoms with Crippen molar-refractivity contribution in [2.75, 3.05) is 17.1 Å². The molecule has 174 valence electrons. The van der Waals surface area contributed by atoms with Crippen LogP contribution < -0.4 is 9.62 Å². The number of rotatable bonds is 9. The summed E-state index contributed by atoms with van der Waals surface area (Å²) in [5.41, 5.74) is 1.81. The minimum Gasteiger partial charge on any atom is -0.352 e. The van der Waals surface area contributed by atoms with Gasteiger partial charge in [0.2, 0.25) is 21.8 Å². The Hall–Kier alpha value is -2.58. The smallest absolute Gasteiger partial charge is 0.244 e. The first kappa shape index (κ1) is 25.7. The van der Waals surface area contributed by atoms with E-state index < -0.39 is 28.5 Å². The van der Waals surface area contributed by atoms with Crippen LogP contribution in [0.1, 0.15) is 31.9 Å². The van der Waals surface area contributed by atoms with E-state index >= 15 is 0 Å². The zero-order valence-corrected chi connectivity index (χ0v) is 20.6. The van der Waals surface area contributed by atoms with Crippen LogP contribution in [0.5, 0.6) is 0 Å². The molecular formula is C23H30ClN3O4S. The van der Waals surface area contributed by atoms with E-state index in [1.807, 2.05) is 44.2 Å². The van der Waals surface area contributed by atoms with Crippen LogP contribution in [0.3, 0.4) is 0 Å². The number of anilines is 1. The number of hydrogen-bond acceptors (Lipinski definition) is 4. The molecule has 0 saturated heterocycles. The highest BCUT2D eigenvalue weighted by Gasteiger charge is 2.30. The molecular weight excluding hydrogens is 450 g/mol. The van der Waals surface area contributed by atoms with Crippen LogP contribution in [0, 0.1) is 6.92 Å². The van der Waals surface area contributed by atoms with Gasteiger partial charge < -0.3 is 10.2 Å². The van der Waals surface area contributed by atoms with Crippen LogP contribution >= 0.6 is 11.6 Å². The number of amides is 2. The van der Waals surface area contributed by atoms with Gasteiger partial charge in [0.1, 0.15) is 12.6 Å². The minimum absolute atomic E-state index is 0.0970. The first-order valence-electron chi connectivity index (χ1n) is 10.3. The van der Waals surface area contributed by atoms with Gasteiger partial charge in [-0.2, -0.15) is 0 Å². The van der Waals surface area contributed by atoms with Crippen molar-refractivity contribution in [3.05, 3.63) is 64.7 Å². The SMILES string of the molecule is Cc1ccc(Cl)cc1N(CC(=O)N(Cc1ccccc1)C(C)C(=O)NC(C)C)S(C)(=O)=O. The lowest BCUT2D eigenvalue weighted by Crippen LogP contribution is -2.52. The van der Waals surface area contributed by atoms with Gasteiger partial charge in [-0.25, -0.2) is 8.42 Å². The predicted octanol–water partition coefficient (Wildman–Crippen LogP) is 3.36. The summed E-state index contributed by atoms with van der Waals surface area (Å²) in [6.07, 6.45) is 1.04. The van der Waals surface area contributed by atoms with Crippen molar-refractivity contribution in [2.24, 2.45) is 0 Å². The summed E-state index contributed by atoms with van der Waals surface area (Å²) < 4.78 is 26.2. The fourth-order valence-corrected chi connectivity index (χ4v) is 4.28.